The standard InChI is InChI=1S/C16H33NO3Si/c1-9-10-13(18)11(2)14(12(3)15(17)19)20-21(7,8)16(4,5)6/h9-14,18H,1-8H3,(H2,17,19)/t11-,12+,13+,14-/m0/s1. The van der Waals surface area contributed by atoms with Crippen LogP contribution in [0.1, 0.15) is 41.5 Å². The van der Waals surface area contributed by atoms with Crippen LogP contribution >= 0.6 is 0 Å². The average Bonchev–Trinajstić information content (AvgIpc) is 2.33. The van der Waals surface area contributed by atoms with Crippen LogP contribution in [0.15, 0.2) is 12.2 Å². The van der Waals surface area contributed by atoms with Crippen molar-refractivity contribution in [2.24, 2.45) is 17.6 Å². The molecule has 0 heterocycles. The number of amides is 1. The largest absolute Gasteiger partial charge is 0.413 e. The summed E-state index contributed by atoms with van der Waals surface area (Å²) in [6, 6.07) is 0. The number of primary amides is 1. The van der Waals surface area contributed by atoms with Gasteiger partial charge in [0, 0.05) is 5.92 Å². The first-order valence-electron chi connectivity index (χ1n) is 7.63. The zero-order valence-electron chi connectivity index (χ0n) is 14.8. The Morgan fingerprint density at radius 2 is 1.76 bits per heavy atom. The lowest BCUT2D eigenvalue weighted by atomic mass is 9.89. The number of nitrogens with two attached hydrogens (primary N) is 1. The highest BCUT2D eigenvalue weighted by Crippen LogP contribution is 2.39. The predicted octanol–water partition coefficient (Wildman–Crippen LogP) is 3.07. The molecule has 0 spiro atoms. The highest BCUT2D eigenvalue weighted by Gasteiger charge is 2.43. The van der Waals surface area contributed by atoms with Crippen molar-refractivity contribution < 1.29 is 14.3 Å². The molecule has 0 fully saturated rings. The maximum absolute atomic E-state index is 11.6. The van der Waals surface area contributed by atoms with Gasteiger partial charge in [0.05, 0.1) is 18.1 Å². The second-order valence-electron chi connectivity index (χ2n) is 7.41. The van der Waals surface area contributed by atoms with Gasteiger partial charge >= 0.3 is 0 Å². The predicted molar refractivity (Wildman–Crippen MR) is 90.4 cm³/mol. The summed E-state index contributed by atoms with van der Waals surface area (Å²) in [5.74, 6) is -1.02. The van der Waals surface area contributed by atoms with Crippen molar-refractivity contribution in [3.63, 3.8) is 0 Å². The van der Waals surface area contributed by atoms with E-state index in [1.54, 1.807) is 19.1 Å². The van der Waals surface area contributed by atoms with Gasteiger partial charge in [-0.2, -0.15) is 0 Å². The van der Waals surface area contributed by atoms with E-state index in [1.807, 2.05) is 13.8 Å². The van der Waals surface area contributed by atoms with Crippen LogP contribution in [0, 0.1) is 11.8 Å². The van der Waals surface area contributed by atoms with Gasteiger partial charge in [-0.1, -0.05) is 46.8 Å². The van der Waals surface area contributed by atoms with Crippen molar-refractivity contribution in [3.8, 4) is 0 Å². The SMILES string of the molecule is CC=C[C@@H](O)[C@H](C)[C@H](O[Si](C)(C)C(C)(C)C)[C@@H](C)C(N)=O. The van der Waals surface area contributed by atoms with Crippen molar-refractivity contribution in [2.45, 2.75) is 71.9 Å². The monoisotopic (exact) mass is 315 g/mol. The molecule has 0 unspecified atom stereocenters. The van der Waals surface area contributed by atoms with Gasteiger partial charge in [-0.3, -0.25) is 4.79 Å². The van der Waals surface area contributed by atoms with Crippen LogP contribution in [0.25, 0.3) is 0 Å². The fourth-order valence-electron chi connectivity index (χ4n) is 1.91. The molecule has 0 aromatic heterocycles. The fourth-order valence-corrected chi connectivity index (χ4v) is 3.36. The number of hydrogen-bond acceptors (Lipinski definition) is 3. The van der Waals surface area contributed by atoms with Gasteiger partial charge in [-0.25, -0.2) is 0 Å². The maximum atomic E-state index is 11.6. The first-order valence-corrected chi connectivity index (χ1v) is 10.5. The van der Waals surface area contributed by atoms with E-state index >= 15 is 0 Å². The Morgan fingerprint density at radius 1 is 1.29 bits per heavy atom. The average molecular weight is 316 g/mol. The van der Waals surface area contributed by atoms with Crippen molar-refractivity contribution >= 4 is 14.2 Å². The molecule has 0 saturated carbocycles. The van der Waals surface area contributed by atoms with Crippen LogP contribution in [0.5, 0.6) is 0 Å². The summed E-state index contributed by atoms with van der Waals surface area (Å²) >= 11 is 0. The second-order valence-corrected chi connectivity index (χ2v) is 12.2. The van der Waals surface area contributed by atoms with Crippen LogP contribution in [0.3, 0.4) is 0 Å². The van der Waals surface area contributed by atoms with Crippen LogP contribution in [0.2, 0.25) is 18.1 Å². The molecule has 0 radical (unpaired) electrons. The van der Waals surface area contributed by atoms with Gasteiger partial charge in [0.2, 0.25) is 5.91 Å². The second kappa shape index (κ2) is 7.56. The zero-order valence-corrected chi connectivity index (χ0v) is 15.8. The van der Waals surface area contributed by atoms with E-state index < -0.39 is 26.2 Å². The Bertz CT molecular complexity index is 374. The number of rotatable bonds is 7. The van der Waals surface area contributed by atoms with Crippen LogP contribution in [-0.4, -0.2) is 31.5 Å². The van der Waals surface area contributed by atoms with Gasteiger partial charge < -0.3 is 15.3 Å². The van der Waals surface area contributed by atoms with Gasteiger partial charge in [0.1, 0.15) is 0 Å². The Hall–Kier alpha value is -0.653. The van der Waals surface area contributed by atoms with Gasteiger partial charge in [-0.05, 0) is 25.1 Å². The summed E-state index contributed by atoms with van der Waals surface area (Å²) in [6.07, 6.45) is 2.50. The molecule has 1 amide bonds. The Kier molecular flexibility index (Phi) is 7.33. The molecule has 5 heteroatoms. The molecular weight excluding hydrogens is 282 g/mol. The molecule has 0 aliphatic carbocycles. The molecular formula is C16H33NO3Si. The summed E-state index contributed by atoms with van der Waals surface area (Å²) in [7, 11) is -2.05. The molecule has 3 N–H and O–H groups in total. The third-order valence-corrected chi connectivity index (χ3v) is 9.10. The van der Waals surface area contributed by atoms with E-state index in [0.29, 0.717) is 0 Å². The Labute approximate surface area is 130 Å². The third-order valence-electron chi connectivity index (χ3n) is 4.63. The van der Waals surface area contributed by atoms with E-state index in [1.165, 1.54) is 0 Å². The molecule has 4 atom stereocenters. The molecule has 21 heavy (non-hydrogen) atoms. The molecule has 0 aliphatic heterocycles. The number of allylic oxidation sites excluding steroid dienone is 1. The highest BCUT2D eigenvalue weighted by molar-refractivity contribution is 6.74. The van der Waals surface area contributed by atoms with Crippen LogP contribution < -0.4 is 5.73 Å². The van der Waals surface area contributed by atoms with Crippen LogP contribution in [0.4, 0.5) is 0 Å². The molecule has 124 valence electrons. The first kappa shape index (κ1) is 20.3. The quantitative estimate of drug-likeness (QED) is 0.560. The third kappa shape index (κ3) is 5.56. The summed E-state index contributed by atoms with van der Waals surface area (Å²) < 4.78 is 6.40. The van der Waals surface area contributed by atoms with E-state index in [9.17, 15) is 9.90 Å². The van der Waals surface area contributed by atoms with Gasteiger partial charge in [-0.15, -0.1) is 0 Å². The van der Waals surface area contributed by atoms with E-state index in [2.05, 4.69) is 33.9 Å². The zero-order chi connectivity index (χ0) is 17.0. The summed E-state index contributed by atoms with van der Waals surface area (Å²) in [6.45, 7) is 16.3. The number of aliphatic hydroxyl groups excluding tert-OH is 1. The molecule has 0 aromatic rings. The summed E-state index contributed by atoms with van der Waals surface area (Å²) in [5.41, 5.74) is 5.47. The molecule has 0 aromatic carbocycles. The van der Waals surface area contributed by atoms with E-state index in [0.717, 1.165) is 0 Å². The lowest BCUT2D eigenvalue weighted by molar-refractivity contribution is -0.126. The molecule has 0 rings (SSSR count). The van der Waals surface area contributed by atoms with Gasteiger partial charge in [0.15, 0.2) is 8.32 Å². The minimum Gasteiger partial charge on any atom is -0.413 e. The lowest BCUT2D eigenvalue weighted by Gasteiger charge is -2.42. The normalized spacial score (nSPS) is 19.3. The minimum absolute atomic E-state index is 0.0356. The fraction of sp³-hybridized carbons (Fsp3) is 0.812. The minimum atomic E-state index is -2.05. The lowest BCUT2D eigenvalue weighted by Crippen LogP contribution is -2.51. The van der Waals surface area contributed by atoms with E-state index in [4.69, 9.17) is 10.2 Å². The maximum Gasteiger partial charge on any atom is 0.222 e. The molecule has 0 saturated heterocycles. The molecule has 0 bridgehead atoms. The summed E-state index contributed by atoms with van der Waals surface area (Å²) in [5, 5.41) is 10.3. The van der Waals surface area contributed by atoms with Crippen LogP contribution in [-0.2, 0) is 9.22 Å². The molecule has 0 aliphatic rings. The number of carbonyl (C=O) groups is 1. The highest BCUT2D eigenvalue weighted by atomic mass is 28.4. The van der Waals surface area contributed by atoms with Crippen molar-refractivity contribution in [1.82, 2.24) is 0 Å². The topological polar surface area (TPSA) is 72.6 Å². The van der Waals surface area contributed by atoms with Crippen molar-refractivity contribution in [2.75, 3.05) is 0 Å². The van der Waals surface area contributed by atoms with Gasteiger partial charge in [0.25, 0.3) is 0 Å². The van der Waals surface area contributed by atoms with Crippen molar-refractivity contribution in [1.29, 1.82) is 0 Å². The smallest absolute Gasteiger partial charge is 0.222 e. The molecule has 4 nitrogen and oxygen atoms in total. The number of carbonyl (C=O) groups excluding carboxylic acids is 1. The van der Waals surface area contributed by atoms with Crippen molar-refractivity contribution in [3.05, 3.63) is 12.2 Å². The number of aliphatic hydroxyl groups is 1. The first-order chi connectivity index (χ1) is 9.35. The van der Waals surface area contributed by atoms with E-state index in [-0.39, 0.29) is 17.1 Å². The Balaban J connectivity index is 5.40. The summed E-state index contributed by atoms with van der Waals surface area (Å²) in [4.78, 5) is 11.6. The Morgan fingerprint density at radius 3 is 2.10 bits per heavy atom. The number of hydrogen-bond donors (Lipinski definition) is 2.